The van der Waals surface area contributed by atoms with Gasteiger partial charge in [0, 0.05) is 22.9 Å². The number of fused-ring (bicyclic) bond motifs is 1. The van der Waals surface area contributed by atoms with Gasteiger partial charge < -0.3 is 10.0 Å². The molecule has 1 heterocycles. The van der Waals surface area contributed by atoms with Gasteiger partial charge in [-0.3, -0.25) is 0 Å². The number of para-hydroxylation sites is 1. The summed E-state index contributed by atoms with van der Waals surface area (Å²) in [6, 6.07) is 14.5. The smallest absolute Gasteiger partial charge is 0.416 e. The molecule has 0 saturated heterocycles. The van der Waals surface area contributed by atoms with Gasteiger partial charge >= 0.3 is 6.09 Å². The molecule has 0 atom stereocenters. The molecule has 5 nitrogen and oxygen atoms in total. The Bertz CT molecular complexity index is 978. The van der Waals surface area contributed by atoms with Crippen molar-refractivity contribution in [3.05, 3.63) is 58.0 Å². The summed E-state index contributed by atoms with van der Waals surface area (Å²) in [5.74, 6) is 0.547. The van der Waals surface area contributed by atoms with Crippen molar-refractivity contribution in [2.75, 3.05) is 22.9 Å². The lowest BCUT2D eigenvalue weighted by molar-refractivity contribution is 0.205. The fourth-order valence-electron chi connectivity index (χ4n) is 3.03. The molecule has 0 unspecified atom stereocenters. The van der Waals surface area contributed by atoms with Crippen LogP contribution in [0.3, 0.4) is 0 Å². The number of benzene rings is 2. The molecule has 140 valence electrons. The van der Waals surface area contributed by atoms with Gasteiger partial charge in [0.25, 0.3) is 0 Å². The summed E-state index contributed by atoms with van der Waals surface area (Å²) in [7, 11) is 0. The Morgan fingerprint density at radius 2 is 1.81 bits per heavy atom. The van der Waals surface area contributed by atoms with Crippen LogP contribution in [0.25, 0.3) is 10.9 Å². The number of halogens is 2. The van der Waals surface area contributed by atoms with E-state index in [0.29, 0.717) is 46.2 Å². The molecule has 0 radical (unpaired) electrons. The van der Waals surface area contributed by atoms with Crippen molar-refractivity contribution in [2.45, 2.75) is 13.8 Å². The summed E-state index contributed by atoms with van der Waals surface area (Å²) in [5, 5.41) is 11.0. The van der Waals surface area contributed by atoms with Crippen molar-refractivity contribution >= 4 is 61.7 Å². The number of aromatic nitrogens is 1. The highest BCUT2D eigenvalue weighted by molar-refractivity contribution is 9.10. The number of pyridine rings is 1. The molecule has 7 heteroatoms. The summed E-state index contributed by atoms with van der Waals surface area (Å²) >= 11 is 10.2. The maximum Gasteiger partial charge on any atom is 0.416 e. The minimum absolute atomic E-state index is 0.356. The van der Waals surface area contributed by atoms with E-state index in [0.717, 1.165) is 4.47 Å². The number of hydrogen-bond donors (Lipinski definition) is 1. The summed E-state index contributed by atoms with van der Waals surface area (Å²) in [6.07, 6.45) is -1.12. The number of carboxylic acid groups (broad SMARTS) is 1. The summed E-state index contributed by atoms with van der Waals surface area (Å²) < 4.78 is 0.849. The van der Waals surface area contributed by atoms with E-state index in [9.17, 15) is 9.90 Å². The van der Waals surface area contributed by atoms with Crippen molar-refractivity contribution in [3.8, 4) is 0 Å². The van der Waals surface area contributed by atoms with Gasteiger partial charge in [0.05, 0.1) is 16.2 Å². The molecule has 27 heavy (non-hydrogen) atoms. The standard InChI is InChI=1S/C20H19BrClN3O2/c1-3-24(4-2)19-18(25(20(26)27)14-8-6-5-7-9-14)17(22)15-12-13(21)10-11-16(15)23-19/h5-12H,3-4H2,1-2H3,(H,26,27). The number of nitrogens with zero attached hydrogens (tertiary/aromatic N) is 3. The lowest BCUT2D eigenvalue weighted by atomic mass is 10.1. The predicted molar refractivity (Wildman–Crippen MR) is 115 cm³/mol. The van der Waals surface area contributed by atoms with Crippen LogP contribution in [-0.4, -0.2) is 29.3 Å². The highest BCUT2D eigenvalue weighted by Crippen LogP contribution is 2.43. The predicted octanol–water partition coefficient (Wildman–Crippen LogP) is 6.31. The maximum absolute atomic E-state index is 12.2. The second-order valence-electron chi connectivity index (χ2n) is 5.89. The molecule has 0 saturated carbocycles. The van der Waals surface area contributed by atoms with Gasteiger partial charge in [-0.05, 0) is 44.2 Å². The maximum atomic E-state index is 12.2. The number of anilines is 3. The van der Waals surface area contributed by atoms with Crippen LogP contribution in [0.4, 0.5) is 22.0 Å². The van der Waals surface area contributed by atoms with E-state index >= 15 is 0 Å². The molecule has 1 amide bonds. The number of hydrogen-bond acceptors (Lipinski definition) is 3. The third-order valence-electron chi connectivity index (χ3n) is 4.33. The second kappa shape index (κ2) is 8.15. The molecule has 0 spiro atoms. The minimum Gasteiger partial charge on any atom is -0.464 e. The summed E-state index contributed by atoms with van der Waals surface area (Å²) in [5.41, 5.74) is 1.59. The molecule has 0 bridgehead atoms. The van der Waals surface area contributed by atoms with Crippen molar-refractivity contribution in [1.82, 2.24) is 4.98 Å². The first-order chi connectivity index (χ1) is 13.0. The summed E-state index contributed by atoms with van der Waals surface area (Å²) in [6.45, 7) is 5.36. The molecule has 1 N–H and O–H groups in total. The lowest BCUT2D eigenvalue weighted by Crippen LogP contribution is -2.30. The van der Waals surface area contributed by atoms with Crippen molar-refractivity contribution in [2.24, 2.45) is 0 Å². The van der Waals surface area contributed by atoms with E-state index < -0.39 is 6.09 Å². The first-order valence-corrected chi connectivity index (χ1v) is 9.76. The Morgan fingerprint density at radius 3 is 2.41 bits per heavy atom. The zero-order valence-electron chi connectivity index (χ0n) is 15.0. The van der Waals surface area contributed by atoms with Crippen LogP contribution in [0.2, 0.25) is 5.02 Å². The van der Waals surface area contributed by atoms with E-state index in [1.54, 1.807) is 24.3 Å². The Morgan fingerprint density at radius 1 is 1.15 bits per heavy atom. The van der Waals surface area contributed by atoms with Crippen LogP contribution in [0, 0.1) is 0 Å². The molecule has 1 aromatic heterocycles. The van der Waals surface area contributed by atoms with E-state index in [1.165, 1.54) is 4.90 Å². The largest absolute Gasteiger partial charge is 0.464 e. The van der Waals surface area contributed by atoms with Gasteiger partial charge in [-0.1, -0.05) is 45.7 Å². The Kier molecular flexibility index (Phi) is 5.87. The van der Waals surface area contributed by atoms with Gasteiger partial charge in [-0.15, -0.1) is 0 Å². The SMILES string of the molecule is CCN(CC)c1nc2ccc(Br)cc2c(Cl)c1N(C(=O)O)c1ccccc1. The molecule has 0 aliphatic carbocycles. The molecule has 0 aliphatic rings. The van der Waals surface area contributed by atoms with Crippen LogP contribution in [0.5, 0.6) is 0 Å². The van der Waals surface area contributed by atoms with Crippen LogP contribution in [0.15, 0.2) is 53.0 Å². The highest BCUT2D eigenvalue weighted by Gasteiger charge is 2.27. The molecule has 3 rings (SSSR count). The fraction of sp³-hybridized carbons (Fsp3) is 0.200. The first-order valence-electron chi connectivity index (χ1n) is 8.59. The van der Waals surface area contributed by atoms with Crippen LogP contribution >= 0.6 is 27.5 Å². The first kappa shape index (κ1) is 19.5. The number of amides is 1. The second-order valence-corrected chi connectivity index (χ2v) is 7.18. The Labute approximate surface area is 171 Å². The fourth-order valence-corrected chi connectivity index (χ4v) is 3.71. The molecule has 3 aromatic rings. The molecule has 0 fully saturated rings. The van der Waals surface area contributed by atoms with Gasteiger partial charge in [-0.25, -0.2) is 14.7 Å². The number of rotatable bonds is 5. The lowest BCUT2D eigenvalue weighted by Gasteiger charge is -2.29. The molecular weight excluding hydrogens is 430 g/mol. The minimum atomic E-state index is -1.12. The monoisotopic (exact) mass is 447 g/mol. The van der Waals surface area contributed by atoms with Gasteiger partial charge in [0.15, 0.2) is 5.82 Å². The van der Waals surface area contributed by atoms with E-state index in [1.807, 2.05) is 43.0 Å². The van der Waals surface area contributed by atoms with Crippen LogP contribution in [-0.2, 0) is 0 Å². The van der Waals surface area contributed by atoms with Gasteiger partial charge in [-0.2, -0.15) is 0 Å². The topological polar surface area (TPSA) is 56.7 Å². The van der Waals surface area contributed by atoms with E-state index in [2.05, 4.69) is 15.9 Å². The zero-order valence-corrected chi connectivity index (χ0v) is 17.3. The average Bonchev–Trinajstić information content (AvgIpc) is 2.66. The van der Waals surface area contributed by atoms with Crippen molar-refractivity contribution in [1.29, 1.82) is 0 Å². The molecule has 0 aliphatic heterocycles. The van der Waals surface area contributed by atoms with E-state index in [-0.39, 0.29) is 0 Å². The third kappa shape index (κ3) is 3.73. The third-order valence-corrected chi connectivity index (χ3v) is 5.21. The Hall–Kier alpha value is -2.31. The molecule has 2 aromatic carbocycles. The van der Waals surface area contributed by atoms with Gasteiger partial charge in [0.2, 0.25) is 0 Å². The van der Waals surface area contributed by atoms with E-state index in [4.69, 9.17) is 16.6 Å². The summed E-state index contributed by atoms with van der Waals surface area (Å²) in [4.78, 5) is 20.2. The van der Waals surface area contributed by atoms with Crippen molar-refractivity contribution < 1.29 is 9.90 Å². The van der Waals surface area contributed by atoms with Crippen molar-refractivity contribution in [3.63, 3.8) is 0 Å². The average molecular weight is 449 g/mol. The zero-order chi connectivity index (χ0) is 19.6. The van der Waals surface area contributed by atoms with Crippen LogP contribution in [0.1, 0.15) is 13.8 Å². The Balaban J connectivity index is 2.38. The van der Waals surface area contributed by atoms with Gasteiger partial charge in [0.1, 0.15) is 5.69 Å². The quantitative estimate of drug-likeness (QED) is 0.496. The number of carbonyl (C=O) groups is 1. The van der Waals surface area contributed by atoms with Crippen LogP contribution < -0.4 is 9.80 Å². The normalized spacial score (nSPS) is 10.8. The molecular formula is C20H19BrClN3O2. The highest BCUT2D eigenvalue weighted by atomic mass is 79.9.